The van der Waals surface area contributed by atoms with E-state index in [2.05, 4.69) is 5.32 Å². The van der Waals surface area contributed by atoms with Crippen LogP contribution in [0.15, 0.2) is 23.6 Å². The van der Waals surface area contributed by atoms with Gasteiger partial charge in [-0.05, 0) is 50.3 Å². The van der Waals surface area contributed by atoms with E-state index < -0.39 is 23.8 Å². The molecule has 0 unspecified atom stereocenters. The van der Waals surface area contributed by atoms with Gasteiger partial charge < -0.3 is 15.2 Å². The molecule has 1 aromatic heterocycles. The van der Waals surface area contributed by atoms with E-state index in [0.717, 1.165) is 29.5 Å². The molecule has 160 valence electrons. The van der Waals surface area contributed by atoms with Crippen LogP contribution >= 0.6 is 11.3 Å². The van der Waals surface area contributed by atoms with Crippen LogP contribution in [-0.2, 0) is 14.3 Å². The van der Waals surface area contributed by atoms with E-state index in [-0.39, 0.29) is 12.5 Å². The lowest BCUT2D eigenvalue weighted by atomic mass is 9.79. The number of hydrogen-bond donors (Lipinski definition) is 2. The van der Waals surface area contributed by atoms with Crippen molar-refractivity contribution in [1.82, 2.24) is 0 Å². The monoisotopic (exact) mass is 429 g/mol. The number of thiophene rings is 1. The molecule has 0 spiro atoms. The van der Waals surface area contributed by atoms with Crippen molar-refractivity contribution in [1.29, 1.82) is 0 Å². The average molecular weight is 430 g/mol. The Hall–Kier alpha value is -2.67. The third-order valence-electron chi connectivity index (χ3n) is 5.75. The summed E-state index contributed by atoms with van der Waals surface area (Å²) in [4.78, 5) is 37.3. The number of benzene rings is 1. The number of rotatable bonds is 6. The number of ether oxygens (including phenoxy) is 1. The van der Waals surface area contributed by atoms with Gasteiger partial charge in [0.2, 0.25) is 5.91 Å². The average Bonchev–Trinajstić information content (AvgIpc) is 3.13. The summed E-state index contributed by atoms with van der Waals surface area (Å²) in [6.45, 7) is 5.98. The van der Waals surface area contributed by atoms with Crippen LogP contribution in [0.4, 0.5) is 5.00 Å². The van der Waals surface area contributed by atoms with Gasteiger partial charge in [-0.3, -0.25) is 9.59 Å². The number of anilines is 1. The summed E-state index contributed by atoms with van der Waals surface area (Å²) >= 11 is 1.26. The molecule has 1 heterocycles. The number of hydrogen-bond acceptors (Lipinski definition) is 5. The Balaban J connectivity index is 1.95. The number of aliphatic carboxylic acids is 1. The summed E-state index contributed by atoms with van der Waals surface area (Å²) in [5.74, 6) is -3.08. The van der Waals surface area contributed by atoms with Gasteiger partial charge in [-0.15, -0.1) is 11.3 Å². The van der Waals surface area contributed by atoms with Crippen LogP contribution in [0.2, 0.25) is 0 Å². The van der Waals surface area contributed by atoms with Gasteiger partial charge in [0.15, 0.2) is 0 Å². The number of carbonyl (C=O) groups excluding carboxylic acids is 2. The Bertz CT molecular complexity index is 964. The van der Waals surface area contributed by atoms with Gasteiger partial charge >= 0.3 is 11.9 Å². The Morgan fingerprint density at radius 2 is 1.83 bits per heavy atom. The zero-order valence-electron chi connectivity index (χ0n) is 17.5. The summed E-state index contributed by atoms with van der Waals surface area (Å²) in [7, 11) is 0. The van der Waals surface area contributed by atoms with Crippen LogP contribution in [0, 0.1) is 25.7 Å². The first-order valence-electron chi connectivity index (χ1n) is 10.2. The summed E-state index contributed by atoms with van der Waals surface area (Å²) < 4.78 is 5.25. The molecule has 6 nitrogen and oxygen atoms in total. The van der Waals surface area contributed by atoms with Crippen molar-refractivity contribution < 1.29 is 24.2 Å². The number of esters is 1. The number of carboxylic acid groups (broad SMARTS) is 1. The first-order chi connectivity index (χ1) is 14.3. The van der Waals surface area contributed by atoms with E-state index in [4.69, 9.17) is 4.74 Å². The minimum Gasteiger partial charge on any atom is -0.481 e. The second kappa shape index (κ2) is 9.43. The second-order valence-corrected chi connectivity index (χ2v) is 8.58. The SMILES string of the molecule is CCOC(=O)c1c(-c2ccc(C)c(C)c2)csc1NC(=O)[C@H]1CCCC[C@@H]1C(=O)O. The maximum absolute atomic E-state index is 12.9. The highest BCUT2D eigenvalue weighted by atomic mass is 32.1. The number of nitrogens with one attached hydrogen (secondary N) is 1. The van der Waals surface area contributed by atoms with Crippen molar-refractivity contribution in [2.75, 3.05) is 11.9 Å². The smallest absolute Gasteiger partial charge is 0.341 e. The number of carboxylic acids is 1. The van der Waals surface area contributed by atoms with Crippen molar-refractivity contribution in [3.05, 3.63) is 40.3 Å². The highest BCUT2D eigenvalue weighted by Gasteiger charge is 2.36. The van der Waals surface area contributed by atoms with Gasteiger partial charge in [-0.1, -0.05) is 31.0 Å². The van der Waals surface area contributed by atoms with Crippen LogP contribution in [0.5, 0.6) is 0 Å². The van der Waals surface area contributed by atoms with E-state index >= 15 is 0 Å². The van der Waals surface area contributed by atoms with Crippen LogP contribution in [0.25, 0.3) is 11.1 Å². The lowest BCUT2D eigenvalue weighted by Gasteiger charge is -2.27. The van der Waals surface area contributed by atoms with Crippen molar-refractivity contribution in [2.24, 2.45) is 11.8 Å². The molecule has 0 aliphatic heterocycles. The quantitative estimate of drug-likeness (QED) is 0.628. The standard InChI is InChI=1S/C23H27NO5S/c1-4-29-23(28)19-18(15-10-9-13(2)14(3)11-15)12-30-21(19)24-20(25)16-7-5-6-8-17(16)22(26)27/h9-12,16-17H,4-8H2,1-3H3,(H,24,25)(H,26,27)/t16-,17-/m0/s1. The van der Waals surface area contributed by atoms with Gasteiger partial charge in [-0.25, -0.2) is 4.79 Å². The molecule has 0 bridgehead atoms. The molecule has 1 aliphatic carbocycles. The molecular weight excluding hydrogens is 402 g/mol. The van der Waals surface area contributed by atoms with E-state index in [1.54, 1.807) is 6.92 Å². The Morgan fingerprint density at radius 3 is 2.47 bits per heavy atom. The molecule has 0 saturated heterocycles. The minimum absolute atomic E-state index is 0.220. The van der Waals surface area contributed by atoms with Gasteiger partial charge in [-0.2, -0.15) is 0 Å². The Labute approximate surface area is 180 Å². The summed E-state index contributed by atoms with van der Waals surface area (Å²) in [6.07, 6.45) is 2.67. The molecule has 1 aliphatic rings. The first kappa shape index (κ1) is 22.0. The normalized spacial score (nSPS) is 18.6. The van der Waals surface area contributed by atoms with Gasteiger partial charge in [0.1, 0.15) is 10.6 Å². The molecular formula is C23H27NO5S. The molecule has 3 rings (SSSR count). The van der Waals surface area contributed by atoms with Crippen LogP contribution in [0.3, 0.4) is 0 Å². The Kier molecular flexibility index (Phi) is 6.92. The molecule has 1 saturated carbocycles. The maximum Gasteiger partial charge on any atom is 0.341 e. The molecule has 2 atom stereocenters. The molecule has 7 heteroatoms. The van der Waals surface area contributed by atoms with E-state index in [1.807, 2.05) is 37.4 Å². The van der Waals surface area contributed by atoms with E-state index in [0.29, 0.717) is 29.0 Å². The summed E-state index contributed by atoms with van der Waals surface area (Å²) in [6, 6.07) is 5.95. The third kappa shape index (κ3) is 4.56. The van der Waals surface area contributed by atoms with E-state index in [1.165, 1.54) is 11.3 Å². The molecule has 1 fully saturated rings. The zero-order chi connectivity index (χ0) is 21.8. The van der Waals surface area contributed by atoms with Crippen molar-refractivity contribution in [3.63, 3.8) is 0 Å². The van der Waals surface area contributed by atoms with Crippen LogP contribution in [-0.4, -0.2) is 29.6 Å². The maximum atomic E-state index is 12.9. The fourth-order valence-electron chi connectivity index (χ4n) is 3.92. The summed E-state index contributed by atoms with van der Waals surface area (Å²) in [5, 5.41) is 14.6. The highest BCUT2D eigenvalue weighted by molar-refractivity contribution is 7.15. The van der Waals surface area contributed by atoms with Crippen LogP contribution < -0.4 is 5.32 Å². The number of carbonyl (C=O) groups is 3. The van der Waals surface area contributed by atoms with Gasteiger partial charge in [0.05, 0.1) is 18.4 Å². The lowest BCUT2D eigenvalue weighted by Crippen LogP contribution is -2.36. The molecule has 2 N–H and O–H groups in total. The summed E-state index contributed by atoms with van der Waals surface area (Å²) in [5.41, 5.74) is 4.15. The van der Waals surface area contributed by atoms with Gasteiger partial charge in [0, 0.05) is 10.9 Å². The highest BCUT2D eigenvalue weighted by Crippen LogP contribution is 2.38. The fourth-order valence-corrected chi connectivity index (χ4v) is 4.88. The fraction of sp³-hybridized carbons (Fsp3) is 0.435. The topological polar surface area (TPSA) is 92.7 Å². The molecule has 2 aromatic rings. The molecule has 0 radical (unpaired) electrons. The largest absolute Gasteiger partial charge is 0.481 e. The van der Waals surface area contributed by atoms with Crippen molar-refractivity contribution in [2.45, 2.75) is 46.5 Å². The predicted octanol–water partition coefficient (Wildman–Crippen LogP) is 5.04. The van der Waals surface area contributed by atoms with Crippen molar-refractivity contribution in [3.8, 4) is 11.1 Å². The number of amides is 1. The first-order valence-corrected chi connectivity index (χ1v) is 11.1. The second-order valence-electron chi connectivity index (χ2n) is 7.70. The molecule has 1 aromatic carbocycles. The van der Waals surface area contributed by atoms with E-state index in [9.17, 15) is 19.5 Å². The zero-order valence-corrected chi connectivity index (χ0v) is 18.3. The molecule has 30 heavy (non-hydrogen) atoms. The van der Waals surface area contributed by atoms with Gasteiger partial charge in [0.25, 0.3) is 0 Å². The third-order valence-corrected chi connectivity index (χ3v) is 6.64. The minimum atomic E-state index is -0.942. The lowest BCUT2D eigenvalue weighted by molar-refractivity contribution is -0.147. The van der Waals surface area contributed by atoms with Crippen LogP contribution in [0.1, 0.15) is 54.1 Å². The number of aryl methyl sites for hydroxylation is 2. The molecule has 1 amide bonds. The predicted molar refractivity (Wildman–Crippen MR) is 117 cm³/mol. The van der Waals surface area contributed by atoms with Crippen molar-refractivity contribution >= 4 is 34.2 Å². The Morgan fingerprint density at radius 1 is 1.13 bits per heavy atom.